The van der Waals surface area contributed by atoms with Gasteiger partial charge in [-0.3, -0.25) is 0 Å². The molecular weight excluding hydrogens is 283 g/mol. The first kappa shape index (κ1) is 14.1. The first-order chi connectivity index (χ1) is 9.11. The van der Waals surface area contributed by atoms with E-state index >= 15 is 0 Å². The molecule has 0 aliphatic rings. The van der Waals surface area contributed by atoms with Crippen LogP contribution in [0.3, 0.4) is 0 Å². The summed E-state index contributed by atoms with van der Waals surface area (Å²) in [5, 5.41) is 0.318. The van der Waals surface area contributed by atoms with Crippen molar-refractivity contribution < 1.29 is 4.74 Å². The normalized spacial score (nSPS) is 10.8. The predicted molar refractivity (Wildman–Crippen MR) is 77.2 cm³/mol. The number of ether oxygens (including phenoxy) is 1. The molecule has 0 spiro atoms. The van der Waals surface area contributed by atoms with Gasteiger partial charge < -0.3 is 4.74 Å². The van der Waals surface area contributed by atoms with Crippen molar-refractivity contribution in [2.75, 3.05) is 0 Å². The van der Waals surface area contributed by atoms with Gasteiger partial charge in [0, 0.05) is 0 Å². The van der Waals surface area contributed by atoms with Gasteiger partial charge in [-0.2, -0.15) is 0 Å². The summed E-state index contributed by atoms with van der Waals surface area (Å²) in [4.78, 5) is 7.94. The maximum atomic E-state index is 5.95. The lowest BCUT2D eigenvalue weighted by Gasteiger charge is -2.10. The van der Waals surface area contributed by atoms with Crippen LogP contribution in [0.2, 0.25) is 5.15 Å². The van der Waals surface area contributed by atoms with Crippen molar-refractivity contribution in [2.45, 2.75) is 25.6 Å². The van der Waals surface area contributed by atoms with E-state index in [1.807, 2.05) is 24.3 Å². The van der Waals surface area contributed by atoms with Crippen LogP contribution in [0.15, 0.2) is 30.6 Å². The molecule has 0 radical (unpaired) electrons. The average Bonchev–Trinajstić information content (AvgIpc) is 2.39. The van der Waals surface area contributed by atoms with E-state index in [1.165, 1.54) is 11.9 Å². The molecule has 2 aromatic rings. The molecule has 0 unspecified atom stereocenters. The van der Waals surface area contributed by atoms with Gasteiger partial charge in [-0.05, 0) is 23.6 Å². The molecule has 1 heterocycles. The predicted octanol–water partition coefficient (Wildman–Crippen LogP) is 4.78. The first-order valence-electron chi connectivity index (χ1n) is 5.95. The smallest absolute Gasteiger partial charge is 0.228 e. The van der Waals surface area contributed by atoms with Gasteiger partial charge in [-0.15, -0.1) is 11.6 Å². The Kier molecular flexibility index (Phi) is 4.61. The van der Waals surface area contributed by atoms with E-state index in [-0.39, 0.29) is 5.88 Å². The number of hydrogen-bond acceptors (Lipinski definition) is 3. The first-order valence-corrected chi connectivity index (χ1v) is 6.86. The topological polar surface area (TPSA) is 35.0 Å². The van der Waals surface area contributed by atoms with Crippen molar-refractivity contribution in [3.63, 3.8) is 0 Å². The third-order valence-corrected chi connectivity index (χ3v) is 3.34. The summed E-state index contributed by atoms with van der Waals surface area (Å²) in [5.74, 6) is 1.79. The molecule has 0 amide bonds. The molecule has 5 heteroatoms. The Bertz CT molecular complexity index is 556. The lowest BCUT2D eigenvalue weighted by Crippen LogP contribution is -1.96. The summed E-state index contributed by atoms with van der Waals surface area (Å²) < 4.78 is 5.70. The van der Waals surface area contributed by atoms with Crippen molar-refractivity contribution >= 4 is 23.2 Å². The summed E-state index contributed by atoms with van der Waals surface area (Å²) in [5.41, 5.74) is 1.85. The maximum absolute atomic E-state index is 5.95. The second kappa shape index (κ2) is 6.22. The fourth-order valence-electron chi connectivity index (χ4n) is 1.61. The fraction of sp³-hybridized carbons (Fsp3) is 0.286. The van der Waals surface area contributed by atoms with E-state index in [1.54, 1.807) is 0 Å². The van der Waals surface area contributed by atoms with Crippen molar-refractivity contribution in [2.24, 2.45) is 0 Å². The van der Waals surface area contributed by atoms with Gasteiger partial charge in [0.1, 0.15) is 17.2 Å². The standard InChI is InChI=1S/C14H14Cl2N2O/c1-9(2)10-3-5-11(6-4-10)19-14-12(7-15)13(16)17-8-18-14/h3-6,8-9H,7H2,1-2H3. The third-order valence-electron chi connectivity index (χ3n) is 2.75. The van der Waals surface area contributed by atoms with E-state index in [0.29, 0.717) is 28.3 Å². The largest absolute Gasteiger partial charge is 0.439 e. The van der Waals surface area contributed by atoms with Gasteiger partial charge in [0.05, 0.1) is 11.4 Å². The van der Waals surface area contributed by atoms with Crippen LogP contribution in [0.25, 0.3) is 0 Å². The molecule has 0 N–H and O–H groups in total. The lowest BCUT2D eigenvalue weighted by molar-refractivity contribution is 0.456. The molecule has 1 aromatic carbocycles. The summed E-state index contributed by atoms with van der Waals surface area (Å²) in [6.07, 6.45) is 1.36. The Morgan fingerprint density at radius 1 is 1.16 bits per heavy atom. The average molecular weight is 297 g/mol. The second-order valence-corrected chi connectivity index (χ2v) is 5.03. The zero-order valence-electron chi connectivity index (χ0n) is 10.7. The van der Waals surface area contributed by atoms with Crippen molar-refractivity contribution in [1.29, 1.82) is 0 Å². The molecule has 2 rings (SSSR count). The molecule has 100 valence electrons. The summed E-state index contributed by atoms with van der Waals surface area (Å²) in [6, 6.07) is 7.87. The van der Waals surface area contributed by atoms with Gasteiger partial charge in [-0.1, -0.05) is 37.6 Å². The van der Waals surface area contributed by atoms with Gasteiger partial charge in [0.15, 0.2) is 0 Å². The van der Waals surface area contributed by atoms with E-state index in [9.17, 15) is 0 Å². The third kappa shape index (κ3) is 3.37. The highest BCUT2D eigenvalue weighted by Gasteiger charge is 2.11. The minimum Gasteiger partial charge on any atom is -0.439 e. The molecule has 0 atom stereocenters. The minimum atomic E-state index is 0.207. The molecule has 0 saturated carbocycles. The van der Waals surface area contributed by atoms with Crippen LogP contribution in [0, 0.1) is 0 Å². The maximum Gasteiger partial charge on any atom is 0.228 e. The number of benzene rings is 1. The van der Waals surface area contributed by atoms with Crippen molar-refractivity contribution in [3.05, 3.63) is 46.9 Å². The number of hydrogen-bond donors (Lipinski definition) is 0. The minimum absolute atomic E-state index is 0.207. The van der Waals surface area contributed by atoms with Gasteiger partial charge in [0.25, 0.3) is 0 Å². The Balaban J connectivity index is 2.24. The van der Waals surface area contributed by atoms with Crippen LogP contribution in [-0.4, -0.2) is 9.97 Å². The zero-order valence-corrected chi connectivity index (χ0v) is 12.2. The highest BCUT2D eigenvalue weighted by atomic mass is 35.5. The highest BCUT2D eigenvalue weighted by molar-refractivity contribution is 6.31. The molecule has 0 aliphatic heterocycles. The van der Waals surface area contributed by atoms with Gasteiger partial charge in [0.2, 0.25) is 5.88 Å². The van der Waals surface area contributed by atoms with Crippen molar-refractivity contribution in [3.8, 4) is 11.6 Å². The van der Waals surface area contributed by atoms with Crippen LogP contribution in [0.1, 0.15) is 30.9 Å². The Morgan fingerprint density at radius 3 is 2.42 bits per heavy atom. The molecule has 0 fully saturated rings. The highest BCUT2D eigenvalue weighted by Crippen LogP contribution is 2.28. The number of aromatic nitrogens is 2. The van der Waals surface area contributed by atoms with Crippen molar-refractivity contribution in [1.82, 2.24) is 9.97 Å². The zero-order chi connectivity index (χ0) is 13.8. The Morgan fingerprint density at radius 2 is 1.84 bits per heavy atom. The molecule has 0 aliphatic carbocycles. The summed E-state index contributed by atoms with van der Waals surface area (Å²) in [7, 11) is 0. The molecule has 3 nitrogen and oxygen atoms in total. The summed E-state index contributed by atoms with van der Waals surface area (Å²) in [6.45, 7) is 4.29. The summed E-state index contributed by atoms with van der Waals surface area (Å²) >= 11 is 11.8. The van der Waals surface area contributed by atoms with Gasteiger partial charge >= 0.3 is 0 Å². The fourth-order valence-corrected chi connectivity index (χ4v) is 2.11. The molecule has 19 heavy (non-hydrogen) atoms. The lowest BCUT2D eigenvalue weighted by atomic mass is 10.0. The van der Waals surface area contributed by atoms with E-state index in [0.717, 1.165) is 0 Å². The number of nitrogens with zero attached hydrogens (tertiary/aromatic N) is 2. The van der Waals surface area contributed by atoms with Crippen LogP contribution < -0.4 is 4.74 Å². The van der Waals surface area contributed by atoms with Gasteiger partial charge in [-0.25, -0.2) is 9.97 Å². The molecule has 1 aromatic heterocycles. The van der Waals surface area contributed by atoms with Crippen LogP contribution in [-0.2, 0) is 5.88 Å². The number of alkyl halides is 1. The van der Waals surface area contributed by atoms with Crippen LogP contribution in [0.5, 0.6) is 11.6 Å². The number of halogens is 2. The molecular formula is C14H14Cl2N2O. The molecule has 0 saturated heterocycles. The Hall–Kier alpha value is -1.32. The number of rotatable bonds is 4. The van der Waals surface area contributed by atoms with E-state index in [2.05, 4.69) is 23.8 Å². The Labute approximate surface area is 122 Å². The van der Waals surface area contributed by atoms with Crippen LogP contribution >= 0.6 is 23.2 Å². The van der Waals surface area contributed by atoms with Crippen LogP contribution in [0.4, 0.5) is 0 Å². The van der Waals surface area contributed by atoms with E-state index < -0.39 is 0 Å². The molecule has 0 bridgehead atoms. The SMILES string of the molecule is CC(C)c1ccc(Oc2ncnc(Cl)c2CCl)cc1. The monoisotopic (exact) mass is 296 g/mol. The van der Waals surface area contributed by atoms with E-state index in [4.69, 9.17) is 27.9 Å². The second-order valence-electron chi connectivity index (χ2n) is 4.41. The quantitative estimate of drug-likeness (QED) is 0.601.